The SMILES string of the molecule is CC[N+](C)(C)C(C)(C(=O)O)C(=O)O. The van der Waals surface area contributed by atoms with Crippen molar-refractivity contribution < 1.29 is 24.3 Å². The van der Waals surface area contributed by atoms with Crippen LogP contribution in [0.1, 0.15) is 13.8 Å². The number of rotatable bonds is 4. The molecule has 0 aromatic heterocycles. The molecular formula is C8H16NO4+. The summed E-state index contributed by atoms with van der Waals surface area (Å²) in [6, 6.07) is 0. The van der Waals surface area contributed by atoms with E-state index in [9.17, 15) is 9.59 Å². The normalized spacial score (nSPS) is 12.6. The fourth-order valence-corrected chi connectivity index (χ4v) is 0.926. The Morgan fingerprint density at radius 2 is 1.54 bits per heavy atom. The molecule has 0 heterocycles. The lowest BCUT2D eigenvalue weighted by molar-refractivity contribution is -0.919. The van der Waals surface area contributed by atoms with Crippen LogP contribution in [-0.2, 0) is 9.59 Å². The molecule has 0 saturated carbocycles. The second kappa shape index (κ2) is 3.33. The van der Waals surface area contributed by atoms with Crippen LogP contribution in [0.5, 0.6) is 0 Å². The maximum Gasteiger partial charge on any atom is 0.377 e. The number of carboxylic acid groups (broad SMARTS) is 2. The number of hydrogen-bond donors (Lipinski definition) is 2. The molecule has 13 heavy (non-hydrogen) atoms. The van der Waals surface area contributed by atoms with Crippen molar-refractivity contribution in [3.05, 3.63) is 0 Å². The smallest absolute Gasteiger partial charge is 0.377 e. The van der Waals surface area contributed by atoms with Gasteiger partial charge in [-0.25, -0.2) is 9.59 Å². The van der Waals surface area contributed by atoms with Gasteiger partial charge < -0.3 is 14.7 Å². The number of likely N-dealkylation sites (N-methyl/N-ethyl adjacent to an activating group) is 1. The van der Waals surface area contributed by atoms with Gasteiger partial charge in [-0.1, -0.05) is 0 Å². The highest BCUT2D eigenvalue weighted by Gasteiger charge is 2.55. The highest BCUT2D eigenvalue weighted by atomic mass is 16.4. The summed E-state index contributed by atoms with van der Waals surface area (Å²) in [6.07, 6.45) is 0. The lowest BCUT2D eigenvalue weighted by Gasteiger charge is -2.39. The van der Waals surface area contributed by atoms with E-state index in [-0.39, 0.29) is 4.48 Å². The van der Waals surface area contributed by atoms with Crippen molar-refractivity contribution in [2.75, 3.05) is 20.6 Å². The predicted octanol–water partition coefficient (Wildman–Crippen LogP) is 0.0106. The van der Waals surface area contributed by atoms with Crippen LogP contribution in [0.25, 0.3) is 0 Å². The predicted molar refractivity (Wildman–Crippen MR) is 46.3 cm³/mol. The molecule has 0 amide bonds. The molecule has 0 unspecified atom stereocenters. The first-order valence-corrected chi connectivity index (χ1v) is 4.00. The highest BCUT2D eigenvalue weighted by molar-refractivity contribution is 6.01. The van der Waals surface area contributed by atoms with E-state index in [4.69, 9.17) is 10.2 Å². The summed E-state index contributed by atoms with van der Waals surface area (Å²) < 4.78 is -0.0856. The van der Waals surface area contributed by atoms with Gasteiger partial charge in [0.05, 0.1) is 20.6 Å². The van der Waals surface area contributed by atoms with Crippen molar-refractivity contribution >= 4 is 11.9 Å². The third kappa shape index (κ3) is 1.65. The number of carbonyl (C=O) groups is 2. The van der Waals surface area contributed by atoms with Gasteiger partial charge >= 0.3 is 11.9 Å². The molecule has 0 atom stereocenters. The number of quaternary nitrogens is 1. The molecule has 0 aliphatic carbocycles. The second-order valence-corrected chi connectivity index (χ2v) is 3.68. The number of carboxylic acids is 2. The molecular weight excluding hydrogens is 174 g/mol. The van der Waals surface area contributed by atoms with Crippen LogP contribution in [0.4, 0.5) is 0 Å². The Kier molecular flexibility index (Phi) is 3.05. The van der Waals surface area contributed by atoms with Gasteiger partial charge in [-0.05, 0) is 6.92 Å². The molecule has 0 aliphatic heterocycles. The summed E-state index contributed by atoms with van der Waals surface area (Å²) in [4.78, 5) is 21.7. The highest BCUT2D eigenvalue weighted by Crippen LogP contribution is 2.21. The molecule has 5 heteroatoms. The molecule has 0 bridgehead atoms. The molecule has 0 aromatic rings. The molecule has 0 fully saturated rings. The Morgan fingerprint density at radius 3 is 1.62 bits per heavy atom. The van der Waals surface area contributed by atoms with E-state index in [1.165, 1.54) is 6.92 Å². The lowest BCUT2D eigenvalue weighted by Crippen LogP contribution is -2.66. The van der Waals surface area contributed by atoms with E-state index in [1.54, 1.807) is 21.0 Å². The summed E-state index contributed by atoms with van der Waals surface area (Å²) in [5, 5.41) is 17.7. The van der Waals surface area contributed by atoms with Gasteiger partial charge in [0, 0.05) is 6.92 Å². The van der Waals surface area contributed by atoms with E-state index in [1.807, 2.05) is 0 Å². The van der Waals surface area contributed by atoms with Crippen LogP contribution in [0.15, 0.2) is 0 Å². The zero-order chi connectivity index (χ0) is 10.9. The first kappa shape index (κ1) is 11.9. The summed E-state index contributed by atoms with van der Waals surface area (Å²) in [5.74, 6) is -2.63. The second-order valence-electron chi connectivity index (χ2n) is 3.68. The first-order chi connectivity index (χ1) is 5.70. The average Bonchev–Trinajstić information content (AvgIpc) is 2.01. The topological polar surface area (TPSA) is 74.6 Å². The van der Waals surface area contributed by atoms with Gasteiger partial charge in [-0.15, -0.1) is 0 Å². The maximum absolute atomic E-state index is 10.9. The van der Waals surface area contributed by atoms with Crippen LogP contribution in [0.3, 0.4) is 0 Å². The monoisotopic (exact) mass is 190 g/mol. The van der Waals surface area contributed by atoms with Crippen molar-refractivity contribution in [2.45, 2.75) is 19.4 Å². The Bertz CT molecular complexity index is 220. The van der Waals surface area contributed by atoms with Crippen LogP contribution in [0, 0.1) is 0 Å². The Hall–Kier alpha value is -1.10. The Balaban J connectivity index is 5.26. The van der Waals surface area contributed by atoms with Gasteiger partial charge in [-0.2, -0.15) is 0 Å². The summed E-state index contributed by atoms with van der Waals surface area (Å²) >= 11 is 0. The molecule has 0 aromatic carbocycles. The van der Waals surface area contributed by atoms with Crippen molar-refractivity contribution in [2.24, 2.45) is 0 Å². The lowest BCUT2D eigenvalue weighted by atomic mass is 9.98. The first-order valence-electron chi connectivity index (χ1n) is 4.00. The van der Waals surface area contributed by atoms with Crippen LogP contribution in [0.2, 0.25) is 0 Å². The molecule has 0 radical (unpaired) electrons. The standard InChI is InChI=1S/C8H15NO4/c1-5-9(3,4)8(2,6(10)11)7(12)13/h5H2,1-4H3,(H-,10,11,12,13)/p+1. The van der Waals surface area contributed by atoms with Crippen molar-refractivity contribution in [1.29, 1.82) is 0 Å². The van der Waals surface area contributed by atoms with E-state index in [0.717, 1.165) is 0 Å². The summed E-state index contributed by atoms with van der Waals surface area (Å²) in [6.45, 7) is 3.42. The molecule has 0 saturated heterocycles. The fraction of sp³-hybridized carbons (Fsp3) is 0.750. The minimum Gasteiger partial charge on any atom is -0.476 e. The fourth-order valence-electron chi connectivity index (χ4n) is 0.926. The van der Waals surface area contributed by atoms with Crippen LogP contribution < -0.4 is 0 Å². The van der Waals surface area contributed by atoms with Crippen LogP contribution in [-0.4, -0.2) is 52.8 Å². The maximum atomic E-state index is 10.9. The van der Waals surface area contributed by atoms with Gasteiger partial charge in [-0.3, -0.25) is 0 Å². The van der Waals surface area contributed by atoms with Crippen molar-refractivity contribution in [1.82, 2.24) is 0 Å². The van der Waals surface area contributed by atoms with Gasteiger partial charge in [0.25, 0.3) is 5.54 Å². The van der Waals surface area contributed by atoms with E-state index in [0.29, 0.717) is 6.54 Å². The third-order valence-corrected chi connectivity index (χ3v) is 2.83. The summed E-state index contributed by atoms with van der Waals surface area (Å²) in [5.41, 5.74) is -1.78. The minimum atomic E-state index is -1.78. The van der Waals surface area contributed by atoms with Gasteiger partial charge in [0.15, 0.2) is 0 Å². The van der Waals surface area contributed by atoms with E-state index < -0.39 is 17.5 Å². The quantitative estimate of drug-likeness (QED) is 0.483. The molecule has 5 nitrogen and oxygen atoms in total. The summed E-state index contributed by atoms with van der Waals surface area (Å²) in [7, 11) is 3.17. The Morgan fingerprint density at radius 1 is 1.23 bits per heavy atom. The number of hydrogen-bond acceptors (Lipinski definition) is 2. The number of aliphatic carboxylic acids is 2. The molecule has 0 rings (SSSR count). The minimum absolute atomic E-state index is 0.0856. The van der Waals surface area contributed by atoms with E-state index >= 15 is 0 Å². The van der Waals surface area contributed by atoms with Crippen molar-refractivity contribution in [3.63, 3.8) is 0 Å². The van der Waals surface area contributed by atoms with Crippen LogP contribution >= 0.6 is 0 Å². The zero-order valence-electron chi connectivity index (χ0n) is 8.37. The van der Waals surface area contributed by atoms with Gasteiger partial charge in [0.1, 0.15) is 0 Å². The Labute approximate surface area is 77.2 Å². The number of nitrogens with zero attached hydrogens (tertiary/aromatic N) is 1. The zero-order valence-corrected chi connectivity index (χ0v) is 8.37. The molecule has 0 aliphatic rings. The molecule has 76 valence electrons. The average molecular weight is 190 g/mol. The van der Waals surface area contributed by atoms with Gasteiger partial charge in [0.2, 0.25) is 0 Å². The largest absolute Gasteiger partial charge is 0.476 e. The molecule has 0 spiro atoms. The molecule has 2 N–H and O–H groups in total. The third-order valence-electron chi connectivity index (χ3n) is 2.83. The van der Waals surface area contributed by atoms with E-state index in [2.05, 4.69) is 0 Å². The van der Waals surface area contributed by atoms with Crippen molar-refractivity contribution in [3.8, 4) is 0 Å².